The van der Waals surface area contributed by atoms with Crippen LogP contribution in [0, 0.1) is 13.8 Å². The SMILES string of the molecule is Cc1cccc(C)c1C(C)(O)Cc1ccccc1. The van der Waals surface area contributed by atoms with Crippen LogP contribution in [-0.2, 0) is 12.0 Å². The fourth-order valence-electron chi connectivity index (χ4n) is 2.75. The smallest absolute Gasteiger partial charge is 0.0913 e. The number of benzene rings is 2. The molecule has 0 spiro atoms. The highest BCUT2D eigenvalue weighted by atomic mass is 16.3. The molecule has 2 aromatic carbocycles. The Kier molecular flexibility index (Phi) is 3.53. The van der Waals surface area contributed by atoms with Gasteiger partial charge in [-0.1, -0.05) is 48.5 Å². The van der Waals surface area contributed by atoms with Crippen LogP contribution >= 0.6 is 0 Å². The molecule has 0 saturated carbocycles. The van der Waals surface area contributed by atoms with Gasteiger partial charge >= 0.3 is 0 Å². The zero-order chi connectivity index (χ0) is 13.2. The Morgan fingerprint density at radius 1 is 0.889 bits per heavy atom. The molecule has 0 heterocycles. The highest BCUT2D eigenvalue weighted by Gasteiger charge is 2.26. The van der Waals surface area contributed by atoms with Crippen LogP contribution in [0.1, 0.15) is 29.2 Å². The molecule has 0 aromatic heterocycles. The first-order valence-corrected chi connectivity index (χ1v) is 6.34. The summed E-state index contributed by atoms with van der Waals surface area (Å²) in [5.74, 6) is 0. The van der Waals surface area contributed by atoms with Gasteiger partial charge in [0, 0.05) is 6.42 Å². The lowest BCUT2D eigenvalue weighted by Gasteiger charge is -2.27. The molecule has 0 bridgehead atoms. The molecule has 1 nitrogen and oxygen atoms in total. The second kappa shape index (κ2) is 4.95. The second-order valence-electron chi connectivity index (χ2n) is 5.20. The van der Waals surface area contributed by atoms with E-state index in [9.17, 15) is 5.11 Å². The Labute approximate surface area is 109 Å². The van der Waals surface area contributed by atoms with Crippen LogP contribution in [-0.4, -0.2) is 5.11 Å². The zero-order valence-electron chi connectivity index (χ0n) is 11.3. The van der Waals surface area contributed by atoms with Crippen LogP contribution < -0.4 is 0 Å². The van der Waals surface area contributed by atoms with Crippen LogP contribution in [0.5, 0.6) is 0 Å². The van der Waals surface area contributed by atoms with E-state index in [-0.39, 0.29) is 0 Å². The quantitative estimate of drug-likeness (QED) is 0.866. The molecule has 18 heavy (non-hydrogen) atoms. The molecule has 1 unspecified atom stereocenters. The Balaban J connectivity index is 2.37. The maximum absolute atomic E-state index is 10.8. The molecule has 0 aliphatic carbocycles. The summed E-state index contributed by atoms with van der Waals surface area (Å²) in [5, 5.41) is 10.8. The molecule has 94 valence electrons. The molecule has 0 amide bonds. The average Bonchev–Trinajstić information content (AvgIpc) is 2.28. The summed E-state index contributed by atoms with van der Waals surface area (Å²) < 4.78 is 0. The minimum atomic E-state index is -0.823. The molecule has 0 aliphatic rings. The summed E-state index contributed by atoms with van der Waals surface area (Å²) in [6.07, 6.45) is 0.638. The van der Waals surface area contributed by atoms with Gasteiger partial charge in [-0.15, -0.1) is 0 Å². The van der Waals surface area contributed by atoms with Gasteiger partial charge in [0.15, 0.2) is 0 Å². The minimum Gasteiger partial charge on any atom is -0.385 e. The first-order valence-electron chi connectivity index (χ1n) is 6.34. The van der Waals surface area contributed by atoms with Crippen molar-refractivity contribution < 1.29 is 5.11 Å². The molecule has 0 radical (unpaired) electrons. The summed E-state index contributed by atoms with van der Waals surface area (Å²) in [6, 6.07) is 16.3. The predicted molar refractivity (Wildman–Crippen MR) is 75.6 cm³/mol. The topological polar surface area (TPSA) is 20.2 Å². The predicted octanol–water partition coefficient (Wildman–Crippen LogP) is 3.75. The Bertz CT molecular complexity index is 506. The molecular formula is C17H20O. The molecule has 0 saturated heterocycles. The molecule has 2 rings (SSSR count). The summed E-state index contributed by atoms with van der Waals surface area (Å²) in [6.45, 7) is 6.01. The lowest BCUT2D eigenvalue weighted by atomic mass is 9.84. The van der Waals surface area contributed by atoms with Crippen LogP contribution in [0.15, 0.2) is 48.5 Å². The summed E-state index contributed by atoms with van der Waals surface area (Å²) in [4.78, 5) is 0. The number of hydrogen-bond acceptors (Lipinski definition) is 1. The summed E-state index contributed by atoms with van der Waals surface area (Å²) in [7, 11) is 0. The van der Waals surface area contributed by atoms with Crippen LogP contribution in [0.4, 0.5) is 0 Å². The van der Waals surface area contributed by atoms with Crippen molar-refractivity contribution in [2.24, 2.45) is 0 Å². The first-order chi connectivity index (χ1) is 8.50. The summed E-state index contributed by atoms with van der Waals surface area (Å²) in [5.41, 5.74) is 3.68. The fourth-order valence-corrected chi connectivity index (χ4v) is 2.75. The number of aryl methyl sites for hydroxylation is 2. The normalized spacial score (nSPS) is 14.2. The van der Waals surface area contributed by atoms with E-state index in [0.29, 0.717) is 6.42 Å². The lowest BCUT2D eigenvalue weighted by Crippen LogP contribution is -2.26. The first kappa shape index (κ1) is 12.8. The maximum Gasteiger partial charge on any atom is 0.0913 e. The molecule has 0 fully saturated rings. The van der Waals surface area contributed by atoms with Gasteiger partial charge < -0.3 is 5.11 Å². The van der Waals surface area contributed by atoms with E-state index in [0.717, 1.165) is 22.3 Å². The van der Waals surface area contributed by atoms with E-state index in [4.69, 9.17) is 0 Å². The van der Waals surface area contributed by atoms with Crippen LogP contribution in [0.2, 0.25) is 0 Å². The van der Waals surface area contributed by atoms with Crippen molar-refractivity contribution in [2.75, 3.05) is 0 Å². The Morgan fingerprint density at radius 3 is 2.00 bits per heavy atom. The maximum atomic E-state index is 10.8. The van der Waals surface area contributed by atoms with E-state index in [2.05, 4.69) is 38.1 Å². The van der Waals surface area contributed by atoms with Gasteiger partial charge in [0.2, 0.25) is 0 Å². The largest absolute Gasteiger partial charge is 0.385 e. The third-order valence-corrected chi connectivity index (χ3v) is 3.41. The second-order valence-corrected chi connectivity index (χ2v) is 5.20. The zero-order valence-corrected chi connectivity index (χ0v) is 11.3. The highest BCUT2D eigenvalue weighted by molar-refractivity contribution is 5.39. The summed E-state index contributed by atoms with van der Waals surface area (Å²) >= 11 is 0. The van der Waals surface area contributed by atoms with Gasteiger partial charge in [0.05, 0.1) is 5.60 Å². The molecule has 1 N–H and O–H groups in total. The molecule has 0 aliphatic heterocycles. The van der Waals surface area contributed by atoms with Crippen molar-refractivity contribution in [1.82, 2.24) is 0 Å². The molecular weight excluding hydrogens is 220 g/mol. The van der Waals surface area contributed by atoms with Gasteiger partial charge in [0.25, 0.3) is 0 Å². The molecule has 2 aromatic rings. The van der Waals surface area contributed by atoms with E-state index < -0.39 is 5.60 Å². The lowest BCUT2D eigenvalue weighted by molar-refractivity contribution is 0.0563. The minimum absolute atomic E-state index is 0.638. The van der Waals surface area contributed by atoms with Gasteiger partial charge in [-0.3, -0.25) is 0 Å². The van der Waals surface area contributed by atoms with Gasteiger partial charge in [-0.25, -0.2) is 0 Å². The van der Waals surface area contributed by atoms with E-state index in [1.54, 1.807) is 0 Å². The van der Waals surface area contributed by atoms with E-state index in [1.165, 1.54) is 0 Å². The van der Waals surface area contributed by atoms with Crippen molar-refractivity contribution in [2.45, 2.75) is 32.8 Å². The van der Waals surface area contributed by atoms with Gasteiger partial charge in [-0.2, -0.15) is 0 Å². The van der Waals surface area contributed by atoms with Crippen LogP contribution in [0.3, 0.4) is 0 Å². The Morgan fingerprint density at radius 2 is 1.44 bits per heavy atom. The van der Waals surface area contributed by atoms with Crippen LogP contribution in [0.25, 0.3) is 0 Å². The number of aliphatic hydroxyl groups is 1. The standard InChI is InChI=1S/C17H20O/c1-13-8-7-9-14(2)16(13)17(3,18)12-15-10-5-4-6-11-15/h4-11,18H,12H2,1-3H3. The third-order valence-electron chi connectivity index (χ3n) is 3.41. The highest BCUT2D eigenvalue weighted by Crippen LogP contribution is 2.30. The van der Waals surface area contributed by atoms with Crippen molar-refractivity contribution in [3.8, 4) is 0 Å². The van der Waals surface area contributed by atoms with E-state index in [1.807, 2.05) is 31.2 Å². The van der Waals surface area contributed by atoms with Crippen molar-refractivity contribution in [3.05, 3.63) is 70.8 Å². The Hall–Kier alpha value is -1.60. The van der Waals surface area contributed by atoms with Crippen molar-refractivity contribution in [3.63, 3.8) is 0 Å². The average molecular weight is 240 g/mol. The van der Waals surface area contributed by atoms with Gasteiger partial charge in [-0.05, 0) is 43.0 Å². The third kappa shape index (κ3) is 2.62. The van der Waals surface area contributed by atoms with E-state index >= 15 is 0 Å². The van der Waals surface area contributed by atoms with Gasteiger partial charge in [0.1, 0.15) is 0 Å². The van der Waals surface area contributed by atoms with Crippen molar-refractivity contribution in [1.29, 1.82) is 0 Å². The fraction of sp³-hybridized carbons (Fsp3) is 0.294. The van der Waals surface area contributed by atoms with Crippen molar-refractivity contribution >= 4 is 0 Å². The number of hydrogen-bond donors (Lipinski definition) is 1. The molecule has 1 atom stereocenters. The monoisotopic (exact) mass is 240 g/mol. The molecule has 1 heteroatoms. The number of rotatable bonds is 3.